The number of para-hydroxylation sites is 1. The summed E-state index contributed by atoms with van der Waals surface area (Å²) in [5.74, 6) is 1.50. The number of nitrogens with zero attached hydrogens (tertiary/aromatic N) is 2. The fraction of sp³-hybridized carbons (Fsp3) is 0.348. The average Bonchev–Trinajstić information content (AvgIpc) is 3.24. The van der Waals surface area contributed by atoms with Gasteiger partial charge in [0.05, 0.1) is 26.1 Å². The number of aromatic amines is 1. The van der Waals surface area contributed by atoms with Gasteiger partial charge in [-0.2, -0.15) is 5.10 Å². The summed E-state index contributed by atoms with van der Waals surface area (Å²) in [7, 11) is 3.28. The number of hydrogen-bond acceptors (Lipinski definition) is 5. The first-order chi connectivity index (χ1) is 14.7. The van der Waals surface area contributed by atoms with Gasteiger partial charge in [-0.3, -0.25) is 10.00 Å². The highest BCUT2D eigenvalue weighted by atomic mass is 19.1. The standard InChI is InChI=1S/C23H26FN3O3/c1-28-18-7-8-19(22(13-18)29-2)23-16(14-25-26-23)15-27-11-9-17(10-12-27)30-21-6-4-3-5-20(21)24/h3-8,13-14,17H,9-12,15H2,1-2H3,(H,25,26). The Hall–Kier alpha value is -3.06. The summed E-state index contributed by atoms with van der Waals surface area (Å²) >= 11 is 0. The van der Waals surface area contributed by atoms with Crippen LogP contribution in [0, 0.1) is 5.82 Å². The molecule has 6 nitrogen and oxygen atoms in total. The van der Waals surface area contributed by atoms with Gasteiger partial charge in [0.15, 0.2) is 11.6 Å². The molecule has 1 fully saturated rings. The third-order valence-electron chi connectivity index (χ3n) is 5.45. The van der Waals surface area contributed by atoms with E-state index in [2.05, 4.69) is 15.1 Å². The SMILES string of the molecule is COc1ccc(-c2[nH]ncc2CN2CCC(Oc3ccccc3F)CC2)c(OC)c1. The molecule has 0 unspecified atom stereocenters. The number of hydrogen-bond donors (Lipinski definition) is 1. The second kappa shape index (κ2) is 9.17. The molecule has 1 aliphatic heterocycles. The minimum absolute atomic E-state index is 0.0312. The maximum absolute atomic E-state index is 13.8. The first-order valence-corrected chi connectivity index (χ1v) is 10.1. The second-order valence-electron chi connectivity index (χ2n) is 7.36. The van der Waals surface area contributed by atoms with Gasteiger partial charge in [-0.05, 0) is 37.1 Å². The maximum atomic E-state index is 13.8. The van der Waals surface area contributed by atoms with E-state index in [-0.39, 0.29) is 11.9 Å². The molecular weight excluding hydrogens is 385 g/mol. The van der Waals surface area contributed by atoms with Crippen LogP contribution in [0.4, 0.5) is 4.39 Å². The van der Waals surface area contributed by atoms with Crippen LogP contribution in [-0.4, -0.2) is 48.5 Å². The normalized spacial score (nSPS) is 15.2. The Morgan fingerprint density at radius 3 is 2.60 bits per heavy atom. The van der Waals surface area contributed by atoms with Crippen molar-refractivity contribution in [1.82, 2.24) is 15.1 Å². The lowest BCUT2D eigenvalue weighted by atomic mass is 10.0. The van der Waals surface area contributed by atoms with Gasteiger partial charge in [-0.15, -0.1) is 0 Å². The van der Waals surface area contributed by atoms with Crippen LogP contribution in [0.3, 0.4) is 0 Å². The lowest BCUT2D eigenvalue weighted by molar-refractivity contribution is 0.0936. The number of H-pyrrole nitrogens is 1. The van der Waals surface area contributed by atoms with E-state index >= 15 is 0 Å². The third-order valence-corrected chi connectivity index (χ3v) is 5.45. The first-order valence-electron chi connectivity index (χ1n) is 10.1. The van der Waals surface area contributed by atoms with Gasteiger partial charge >= 0.3 is 0 Å². The van der Waals surface area contributed by atoms with E-state index in [4.69, 9.17) is 14.2 Å². The van der Waals surface area contributed by atoms with Crippen LogP contribution in [0.15, 0.2) is 48.7 Å². The molecule has 1 aliphatic rings. The fourth-order valence-corrected chi connectivity index (χ4v) is 3.82. The zero-order valence-electron chi connectivity index (χ0n) is 17.2. The van der Waals surface area contributed by atoms with Crippen molar-refractivity contribution in [2.24, 2.45) is 0 Å². The summed E-state index contributed by atoms with van der Waals surface area (Å²) in [4.78, 5) is 2.37. The Morgan fingerprint density at radius 2 is 1.87 bits per heavy atom. The molecule has 0 spiro atoms. The summed E-state index contributed by atoms with van der Waals surface area (Å²) in [5, 5.41) is 7.37. The molecule has 0 amide bonds. The number of rotatable bonds is 7. The Morgan fingerprint density at radius 1 is 1.07 bits per heavy atom. The summed E-state index contributed by atoms with van der Waals surface area (Å²) in [6, 6.07) is 12.3. The van der Waals surface area contributed by atoms with Crippen LogP contribution in [0.5, 0.6) is 17.2 Å². The monoisotopic (exact) mass is 411 g/mol. The smallest absolute Gasteiger partial charge is 0.165 e. The van der Waals surface area contributed by atoms with Crippen molar-refractivity contribution in [3.05, 3.63) is 60.0 Å². The molecule has 30 heavy (non-hydrogen) atoms. The molecule has 1 saturated heterocycles. The molecule has 0 atom stereocenters. The van der Waals surface area contributed by atoms with E-state index in [1.54, 1.807) is 32.4 Å². The number of benzene rings is 2. The summed E-state index contributed by atoms with van der Waals surface area (Å²) < 4.78 is 30.5. The highest BCUT2D eigenvalue weighted by Gasteiger charge is 2.23. The van der Waals surface area contributed by atoms with Crippen LogP contribution < -0.4 is 14.2 Å². The Bertz CT molecular complexity index is 983. The predicted octanol–water partition coefficient (Wildman–Crippen LogP) is 4.28. The van der Waals surface area contributed by atoms with Gasteiger partial charge in [-0.25, -0.2) is 4.39 Å². The van der Waals surface area contributed by atoms with Crippen LogP contribution in [0.25, 0.3) is 11.3 Å². The van der Waals surface area contributed by atoms with Gasteiger partial charge in [0.2, 0.25) is 0 Å². The lowest BCUT2D eigenvalue weighted by Gasteiger charge is -2.32. The minimum Gasteiger partial charge on any atom is -0.497 e. The van der Waals surface area contributed by atoms with Gasteiger partial charge in [0.25, 0.3) is 0 Å². The first kappa shape index (κ1) is 20.2. The van der Waals surface area contributed by atoms with Crippen LogP contribution in [-0.2, 0) is 6.54 Å². The fourth-order valence-electron chi connectivity index (χ4n) is 3.82. The average molecular weight is 411 g/mol. The molecule has 2 aromatic carbocycles. The Balaban J connectivity index is 1.40. The van der Waals surface area contributed by atoms with E-state index in [0.717, 1.165) is 60.8 Å². The number of nitrogens with one attached hydrogen (secondary N) is 1. The van der Waals surface area contributed by atoms with Crippen molar-refractivity contribution in [1.29, 1.82) is 0 Å². The van der Waals surface area contributed by atoms with Gasteiger partial charge in [-0.1, -0.05) is 12.1 Å². The number of aromatic nitrogens is 2. The van der Waals surface area contributed by atoms with Gasteiger partial charge in [0.1, 0.15) is 17.6 Å². The van der Waals surface area contributed by atoms with Crippen molar-refractivity contribution in [3.63, 3.8) is 0 Å². The lowest BCUT2D eigenvalue weighted by Crippen LogP contribution is -2.37. The van der Waals surface area contributed by atoms with E-state index in [1.807, 2.05) is 24.4 Å². The molecule has 4 rings (SSSR count). The van der Waals surface area contributed by atoms with Crippen LogP contribution in [0.2, 0.25) is 0 Å². The van der Waals surface area contributed by atoms with Crippen molar-refractivity contribution in [2.75, 3.05) is 27.3 Å². The quantitative estimate of drug-likeness (QED) is 0.629. The number of likely N-dealkylation sites (tertiary alicyclic amines) is 1. The number of piperidine rings is 1. The molecule has 3 aromatic rings. The predicted molar refractivity (Wildman–Crippen MR) is 112 cm³/mol. The zero-order valence-corrected chi connectivity index (χ0v) is 17.2. The number of halogens is 1. The third kappa shape index (κ3) is 4.41. The topological polar surface area (TPSA) is 59.6 Å². The molecule has 0 saturated carbocycles. The molecule has 1 aromatic heterocycles. The van der Waals surface area contributed by atoms with E-state index in [0.29, 0.717) is 5.75 Å². The van der Waals surface area contributed by atoms with Crippen molar-refractivity contribution >= 4 is 0 Å². The summed E-state index contributed by atoms with van der Waals surface area (Å²) in [6.45, 7) is 2.53. The van der Waals surface area contributed by atoms with Gasteiger partial charge < -0.3 is 14.2 Å². The number of ether oxygens (including phenoxy) is 3. The zero-order chi connectivity index (χ0) is 20.9. The molecule has 2 heterocycles. The molecule has 1 N–H and O–H groups in total. The molecule has 0 aliphatic carbocycles. The summed E-state index contributed by atoms with van der Waals surface area (Å²) in [5.41, 5.74) is 3.00. The van der Waals surface area contributed by atoms with Crippen LogP contribution >= 0.6 is 0 Å². The highest BCUT2D eigenvalue weighted by Crippen LogP contribution is 2.34. The van der Waals surface area contributed by atoms with E-state index in [9.17, 15) is 4.39 Å². The molecule has 158 valence electrons. The minimum atomic E-state index is -0.309. The second-order valence-corrected chi connectivity index (χ2v) is 7.36. The summed E-state index contributed by atoms with van der Waals surface area (Å²) in [6.07, 6.45) is 3.60. The van der Waals surface area contributed by atoms with E-state index in [1.165, 1.54) is 6.07 Å². The highest BCUT2D eigenvalue weighted by molar-refractivity contribution is 5.71. The van der Waals surface area contributed by atoms with Crippen LogP contribution in [0.1, 0.15) is 18.4 Å². The van der Waals surface area contributed by atoms with Crippen molar-refractivity contribution in [2.45, 2.75) is 25.5 Å². The molecule has 0 bridgehead atoms. The van der Waals surface area contributed by atoms with Gasteiger partial charge in [0, 0.05) is 36.8 Å². The molecule has 7 heteroatoms. The maximum Gasteiger partial charge on any atom is 0.165 e. The van der Waals surface area contributed by atoms with Crippen molar-refractivity contribution in [3.8, 4) is 28.5 Å². The van der Waals surface area contributed by atoms with E-state index < -0.39 is 0 Å². The van der Waals surface area contributed by atoms with Crippen molar-refractivity contribution < 1.29 is 18.6 Å². The molecule has 0 radical (unpaired) electrons. The Labute approximate surface area is 175 Å². The largest absolute Gasteiger partial charge is 0.497 e. The number of methoxy groups -OCH3 is 2. The Kier molecular flexibility index (Phi) is 6.18. The molecular formula is C23H26FN3O3.